The van der Waals surface area contributed by atoms with E-state index in [1.54, 1.807) is 0 Å². The normalized spacial score (nSPS) is 17.2. The minimum atomic E-state index is -1.36. The second-order valence-corrected chi connectivity index (χ2v) is 3.91. The van der Waals surface area contributed by atoms with Crippen LogP contribution < -0.4 is 5.32 Å². The van der Waals surface area contributed by atoms with Gasteiger partial charge < -0.3 is 15.5 Å². The second-order valence-electron chi connectivity index (χ2n) is 3.91. The van der Waals surface area contributed by atoms with E-state index in [2.05, 4.69) is 5.32 Å². The van der Waals surface area contributed by atoms with Crippen molar-refractivity contribution in [3.05, 3.63) is 11.8 Å². The van der Waals surface area contributed by atoms with Gasteiger partial charge in [-0.3, -0.25) is 14.4 Å². The van der Waals surface area contributed by atoms with E-state index in [9.17, 15) is 19.2 Å². The third-order valence-electron chi connectivity index (χ3n) is 2.51. The van der Waals surface area contributed by atoms with Gasteiger partial charge in [-0.1, -0.05) is 0 Å². The first-order valence-electron chi connectivity index (χ1n) is 5.39. The zero-order chi connectivity index (χ0) is 13.7. The molecule has 98 valence electrons. The lowest BCUT2D eigenvalue weighted by Gasteiger charge is -2.14. The molecule has 18 heavy (non-hydrogen) atoms. The van der Waals surface area contributed by atoms with Crippen LogP contribution in [0.25, 0.3) is 0 Å². The van der Waals surface area contributed by atoms with Crippen LogP contribution in [0.2, 0.25) is 0 Å². The molecule has 0 aliphatic heterocycles. The molecule has 0 spiro atoms. The lowest BCUT2D eigenvalue weighted by Crippen LogP contribution is -2.36. The molecule has 0 unspecified atom stereocenters. The Morgan fingerprint density at radius 3 is 2.22 bits per heavy atom. The van der Waals surface area contributed by atoms with E-state index in [0.717, 1.165) is 6.20 Å². The zero-order valence-electron chi connectivity index (χ0n) is 9.51. The molecule has 0 bridgehead atoms. The molecule has 3 N–H and O–H groups in total. The fourth-order valence-electron chi connectivity index (χ4n) is 1.57. The van der Waals surface area contributed by atoms with E-state index in [-0.39, 0.29) is 30.0 Å². The zero-order valence-corrected chi connectivity index (χ0v) is 9.51. The number of carboxylic acids is 2. The van der Waals surface area contributed by atoms with Crippen LogP contribution in [0, 0.1) is 0 Å². The molecule has 0 radical (unpaired) electrons. The third kappa shape index (κ3) is 3.69. The van der Waals surface area contributed by atoms with Crippen molar-refractivity contribution in [3.63, 3.8) is 0 Å². The molecule has 7 heteroatoms. The Morgan fingerprint density at radius 2 is 1.78 bits per heavy atom. The van der Waals surface area contributed by atoms with Crippen molar-refractivity contribution in [2.24, 2.45) is 0 Å². The summed E-state index contributed by atoms with van der Waals surface area (Å²) in [6.45, 7) is 0. The average Bonchev–Trinajstić information content (AvgIpc) is 2.26. The minimum Gasteiger partial charge on any atom is -0.481 e. The van der Waals surface area contributed by atoms with Crippen LogP contribution >= 0.6 is 0 Å². The van der Waals surface area contributed by atoms with Gasteiger partial charge in [-0.05, 0) is 6.42 Å². The van der Waals surface area contributed by atoms with Gasteiger partial charge in [0.1, 0.15) is 6.04 Å². The number of nitrogens with one attached hydrogen (secondary N) is 1. The van der Waals surface area contributed by atoms with E-state index < -0.39 is 24.4 Å². The molecule has 0 aromatic rings. The topological polar surface area (TPSA) is 121 Å². The second kappa shape index (κ2) is 5.95. The highest BCUT2D eigenvalue weighted by Crippen LogP contribution is 2.15. The molecule has 1 aliphatic carbocycles. The molecule has 0 saturated heterocycles. The van der Waals surface area contributed by atoms with E-state index in [0.29, 0.717) is 6.42 Å². The van der Waals surface area contributed by atoms with E-state index in [1.165, 1.54) is 0 Å². The summed E-state index contributed by atoms with van der Waals surface area (Å²) in [5, 5.41) is 19.6. The highest BCUT2D eigenvalue weighted by molar-refractivity contribution is 6.21. The Labute approximate surface area is 102 Å². The van der Waals surface area contributed by atoms with Crippen LogP contribution in [0.3, 0.4) is 0 Å². The summed E-state index contributed by atoms with van der Waals surface area (Å²) >= 11 is 0. The molecule has 0 heterocycles. The molecular weight excluding hydrogens is 242 g/mol. The number of allylic oxidation sites excluding steroid dienone is 1. The summed E-state index contributed by atoms with van der Waals surface area (Å²) < 4.78 is 0. The highest BCUT2D eigenvalue weighted by Gasteiger charge is 2.25. The van der Waals surface area contributed by atoms with Crippen LogP contribution in [0.1, 0.15) is 25.7 Å². The Kier molecular flexibility index (Phi) is 4.59. The molecule has 1 rings (SSSR count). The molecule has 7 nitrogen and oxygen atoms in total. The Hall–Kier alpha value is -2.18. The maximum absolute atomic E-state index is 11.4. The number of carbonyl (C=O) groups is 4. The molecule has 1 aliphatic rings. The van der Waals surface area contributed by atoms with Gasteiger partial charge >= 0.3 is 11.9 Å². The number of ketones is 2. The van der Waals surface area contributed by atoms with Crippen LogP contribution in [0.5, 0.6) is 0 Å². The number of Topliss-reactive ketones (excluding diaryl/α,β-unsaturated/α-hetero) is 2. The first-order chi connectivity index (χ1) is 8.41. The van der Waals surface area contributed by atoms with Crippen LogP contribution in [0.15, 0.2) is 11.8 Å². The van der Waals surface area contributed by atoms with Gasteiger partial charge in [0.05, 0.1) is 12.0 Å². The number of carbonyl (C=O) groups excluding carboxylic acids is 2. The Balaban J connectivity index is 2.75. The molecule has 1 atom stereocenters. The summed E-state index contributed by atoms with van der Waals surface area (Å²) in [6, 6.07) is -1.36. The molecular formula is C11H13NO6. The molecule has 1 saturated carbocycles. The van der Waals surface area contributed by atoms with Crippen molar-refractivity contribution in [1.29, 1.82) is 0 Å². The van der Waals surface area contributed by atoms with Gasteiger partial charge in [0.25, 0.3) is 0 Å². The van der Waals surface area contributed by atoms with Crippen LogP contribution in [0.4, 0.5) is 0 Å². The number of rotatable bonds is 5. The van der Waals surface area contributed by atoms with E-state index >= 15 is 0 Å². The Morgan fingerprint density at radius 1 is 1.22 bits per heavy atom. The first kappa shape index (κ1) is 13.9. The lowest BCUT2D eigenvalue weighted by atomic mass is 9.93. The van der Waals surface area contributed by atoms with Gasteiger partial charge in [-0.2, -0.15) is 0 Å². The smallest absolute Gasteiger partial charge is 0.326 e. The summed E-state index contributed by atoms with van der Waals surface area (Å²) in [7, 11) is 0. The number of hydrogen-bond acceptors (Lipinski definition) is 5. The number of carboxylic acid groups (broad SMARTS) is 2. The first-order valence-corrected chi connectivity index (χ1v) is 5.39. The maximum Gasteiger partial charge on any atom is 0.326 e. The van der Waals surface area contributed by atoms with Gasteiger partial charge in [0, 0.05) is 19.0 Å². The summed E-state index contributed by atoms with van der Waals surface area (Å²) in [4.78, 5) is 44.0. The summed E-state index contributed by atoms with van der Waals surface area (Å²) in [6.07, 6.45) is 1.37. The van der Waals surface area contributed by atoms with Crippen LogP contribution in [-0.4, -0.2) is 39.8 Å². The molecule has 0 aromatic heterocycles. The average molecular weight is 255 g/mol. The van der Waals surface area contributed by atoms with Crippen molar-refractivity contribution < 1.29 is 29.4 Å². The monoisotopic (exact) mass is 255 g/mol. The van der Waals surface area contributed by atoms with Crippen molar-refractivity contribution in [2.45, 2.75) is 31.7 Å². The van der Waals surface area contributed by atoms with E-state index in [4.69, 9.17) is 10.2 Å². The molecule has 0 amide bonds. The van der Waals surface area contributed by atoms with Gasteiger partial charge in [-0.15, -0.1) is 0 Å². The van der Waals surface area contributed by atoms with Crippen molar-refractivity contribution in [3.8, 4) is 0 Å². The van der Waals surface area contributed by atoms with E-state index in [1.807, 2.05) is 0 Å². The third-order valence-corrected chi connectivity index (χ3v) is 2.51. The maximum atomic E-state index is 11.4. The molecule has 0 aromatic carbocycles. The predicted octanol–water partition coefficient (Wildman–Crippen LogP) is -0.290. The fourth-order valence-corrected chi connectivity index (χ4v) is 1.57. The van der Waals surface area contributed by atoms with Gasteiger partial charge in [0.2, 0.25) is 0 Å². The van der Waals surface area contributed by atoms with Crippen LogP contribution in [-0.2, 0) is 19.2 Å². The highest BCUT2D eigenvalue weighted by atomic mass is 16.4. The quantitative estimate of drug-likeness (QED) is 0.456. The largest absolute Gasteiger partial charge is 0.481 e. The fraction of sp³-hybridized carbons (Fsp3) is 0.455. The SMILES string of the molecule is O=C(O)C[C@H](NC=C1C(=O)CCCC1=O)C(=O)O. The van der Waals surface area contributed by atoms with Crippen molar-refractivity contribution in [1.82, 2.24) is 5.32 Å². The van der Waals surface area contributed by atoms with Gasteiger partial charge in [0.15, 0.2) is 11.6 Å². The summed E-state index contributed by atoms with van der Waals surface area (Å²) in [5.41, 5.74) is -0.0853. The van der Waals surface area contributed by atoms with Gasteiger partial charge in [-0.25, -0.2) is 4.79 Å². The number of hydrogen-bond donors (Lipinski definition) is 3. The molecule has 1 fully saturated rings. The standard InChI is InChI=1S/C11H13NO6/c13-8-2-1-3-9(14)6(8)5-12-7(11(17)18)4-10(15)16/h5,7,12H,1-4H2,(H,15,16)(H,17,18)/t7-/m0/s1. The van der Waals surface area contributed by atoms with Crippen molar-refractivity contribution in [2.75, 3.05) is 0 Å². The number of aliphatic carboxylic acids is 2. The van der Waals surface area contributed by atoms with Crippen molar-refractivity contribution >= 4 is 23.5 Å². The minimum absolute atomic E-state index is 0.0853. The Bertz CT molecular complexity index is 407. The lowest BCUT2D eigenvalue weighted by molar-refractivity contribution is -0.145. The summed E-state index contributed by atoms with van der Waals surface area (Å²) in [5.74, 6) is -3.34. The predicted molar refractivity (Wildman–Crippen MR) is 58.8 cm³/mol.